The number of hydrogen-bond donors (Lipinski definition) is 2. The van der Waals surface area contributed by atoms with E-state index in [-0.39, 0.29) is 18.6 Å². The minimum Gasteiger partial charge on any atom is -0.490 e. The summed E-state index contributed by atoms with van der Waals surface area (Å²) in [5, 5.41) is 6.27. The quantitative estimate of drug-likeness (QED) is 0.610. The van der Waals surface area contributed by atoms with Gasteiger partial charge in [0.25, 0.3) is 0 Å². The second kappa shape index (κ2) is 8.74. The molecule has 2 aliphatic rings. The molecule has 1 saturated heterocycles. The molecule has 1 heterocycles. The van der Waals surface area contributed by atoms with Crippen LogP contribution < -0.4 is 15.4 Å². The van der Waals surface area contributed by atoms with Gasteiger partial charge in [0.05, 0.1) is 0 Å². The maximum Gasteiger partial charge on any atom is 0.242 e. The summed E-state index contributed by atoms with van der Waals surface area (Å²) in [4.78, 5) is 18.6. The highest BCUT2D eigenvalue weighted by molar-refractivity contribution is 5.85. The summed E-state index contributed by atoms with van der Waals surface area (Å²) in [5.41, 5.74) is 0. The molecule has 6 nitrogen and oxygen atoms in total. The van der Waals surface area contributed by atoms with Gasteiger partial charge in [-0.3, -0.25) is 4.79 Å². The second-order valence-corrected chi connectivity index (χ2v) is 6.63. The van der Waals surface area contributed by atoms with Gasteiger partial charge in [0.1, 0.15) is 18.4 Å². The van der Waals surface area contributed by atoms with Crippen molar-refractivity contribution in [2.45, 2.75) is 44.8 Å². The Bertz CT molecular complexity index is 578. The largest absolute Gasteiger partial charge is 0.490 e. The van der Waals surface area contributed by atoms with Crippen LogP contribution in [0.15, 0.2) is 35.3 Å². The smallest absolute Gasteiger partial charge is 0.242 e. The molecular formula is C19H28N4O2. The molecule has 136 valence electrons. The maximum absolute atomic E-state index is 11.9. The number of carbonyl (C=O) groups is 1. The molecule has 1 aromatic rings. The Hall–Kier alpha value is -2.24. The Morgan fingerprint density at radius 2 is 1.92 bits per heavy atom. The SMILES string of the molecule is CCNC(=NCC(=O)NC1CC1)N1CCC(Oc2ccccc2)CC1. The number of amides is 1. The highest BCUT2D eigenvalue weighted by Crippen LogP contribution is 2.19. The number of piperidine rings is 1. The molecule has 0 bridgehead atoms. The topological polar surface area (TPSA) is 66.0 Å². The molecule has 1 saturated carbocycles. The summed E-state index contributed by atoms with van der Waals surface area (Å²) in [6.45, 7) is 4.80. The van der Waals surface area contributed by atoms with E-state index in [0.717, 1.165) is 57.0 Å². The summed E-state index contributed by atoms with van der Waals surface area (Å²) >= 11 is 0. The van der Waals surface area contributed by atoms with E-state index in [1.807, 2.05) is 37.3 Å². The average Bonchev–Trinajstić information content (AvgIpc) is 3.44. The maximum atomic E-state index is 11.9. The van der Waals surface area contributed by atoms with Crippen molar-refractivity contribution < 1.29 is 9.53 Å². The van der Waals surface area contributed by atoms with E-state index in [1.165, 1.54) is 0 Å². The number of likely N-dealkylation sites (tertiary alicyclic amines) is 1. The summed E-state index contributed by atoms with van der Waals surface area (Å²) < 4.78 is 6.04. The monoisotopic (exact) mass is 344 g/mol. The van der Waals surface area contributed by atoms with Gasteiger partial charge in [0.2, 0.25) is 5.91 Å². The molecule has 1 amide bonds. The Balaban J connectivity index is 1.48. The van der Waals surface area contributed by atoms with Crippen molar-refractivity contribution in [1.82, 2.24) is 15.5 Å². The van der Waals surface area contributed by atoms with Crippen molar-refractivity contribution in [3.63, 3.8) is 0 Å². The van der Waals surface area contributed by atoms with E-state index in [2.05, 4.69) is 20.5 Å². The zero-order valence-electron chi connectivity index (χ0n) is 14.9. The van der Waals surface area contributed by atoms with Gasteiger partial charge in [-0.2, -0.15) is 0 Å². The zero-order valence-corrected chi connectivity index (χ0v) is 14.9. The van der Waals surface area contributed by atoms with Gasteiger partial charge >= 0.3 is 0 Å². The molecule has 1 aromatic carbocycles. The minimum absolute atomic E-state index is 0.0141. The molecule has 1 aliphatic heterocycles. The molecule has 0 spiro atoms. The number of rotatable bonds is 6. The highest BCUT2D eigenvalue weighted by Gasteiger charge is 2.24. The van der Waals surface area contributed by atoms with E-state index in [4.69, 9.17) is 4.74 Å². The lowest BCUT2D eigenvalue weighted by Crippen LogP contribution is -2.48. The molecule has 2 N–H and O–H groups in total. The summed E-state index contributed by atoms with van der Waals surface area (Å²) in [6.07, 6.45) is 4.34. The lowest BCUT2D eigenvalue weighted by atomic mass is 10.1. The van der Waals surface area contributed by atoms with Crippen molar-refractivity contribution in [2.24, 2.45) is 4.99 Å². The molecule has 3 rings (SSSR count). The van der Waals surface area contributed by atoms with Crippen LogP contribution >= 0.6 is 0 Å². The van der Waals surface area contributed by atoms with Crippen LogP contribution in [0.3, 0.4) is 0 Å². The van der Waals surface area contributed by atoms with Gasteiger partial charge in [-0.25, -0.2) is 4.99 Å². The normalized spacial score (nSPS) is 18.8. The van der Waals surface area contributed by atoms with E-state index in [9.17, 15) is 4.79 Å². The first kappa shape index (κ1) is 17.6. The van der Waals surface area contributed by atoms with Crippen LogP contribution in [0.2, 0.25) is 0 Å². The van der Waals surface area contributed by atoms with Crippen LogP contribution in [-0.4, -0.2) is 55.1 Å². The van der Waals surface area contributed by atoms with Crippen molar-refractivity contribution in [1.29, 1.82) is 0 Å². The number of aliphatic imine (C=N–C) groups is 1. The molecule has 0 radical (unpaired) electrons. The first-order valence-electron chi connectivity index (χ1n) is 9.29. The molecule has 25 heavy (non-hydrogen) atoms. The Labute approximate surface area is 149 Å². The van der Waals surface area contributed by atoms with Crippen LogP contribution in [-0.2, 0) is 4.79 Å². The first-order valence-corrected chi connectivity index (χ1v) is 9.29. The zero-order chi connectivity index (χ0) is 17.5. The van der Waals surface area contributed by atoms with Gasteiger partial charge in [0, 0.05) is 38.5 Å². The highest BCUT2D eigenvalue weighted by atomic mass is 16.5. The molecular weight excluding hydrogens is 316 g/mol. The fraction of sp³-hybridized carbons (Fsp3) is 0.579. The van der Waals surface area contributed by atoms with E-state index >= 15 is 0 Å². The summed E-state index contributed by atoms with van der Waals surface area (Å²) in [5.74, 6) is 1.77. The van der Waals surface area contributed by atoms with Gasteiger partial charge in [-0.05, 0) is 31.9 Å². The number of para-hydroxylation sites is 1. The third-order valence-corrected chi connectivity index (χ3v) is 4.44. The second-order valence-electron chi connectivity index (χ2n) is 6.63. The molecule has 0 atom stereocenters. The van der Waals surface area contributed by atoms with E-state index in [1.54, 1.807) is 0 Å². The Morgan fingerprint density at radius 3 is 2.56 bits per heavy atom. The van der Waals surface area contributed by atoms with Crippen LogP contribution in [0.1, 0.15) is 32.6 Å². The van der Waals surface area contributed by atoms with E-state index in [0.29, 0.717) is 6.04 Å². The number of ether oxygens (including phenoxy) is 1. The van der Waals surface area contributed by atoms with Crippen molar-refractivity contribution in [3.8, 4) is 5.75 Å². The fourth-order valence-electron chi connectivity index (χ4n) is 2.95. The van der Waals surface area contributed by atoms with Crippen molar-refractivity contribution in [2.75, 3.05) is 26.2 Å². The first-order chi connectivity index (χ1) is 12.2. The van der Waals surface area contributed by atoms with Gasteiger partial charge in [-0.1, -0.05) is 18.2 Å². The van der Waals surface area contributed by atoms with E-state index < -0.39 is 0 Å². The Morgan fingerprint density at radius 1 is 1.20 bits per heavy atom. The van der Waals surface area contributed by atoms with Crippen LogP contribution in [0.5, 0.6) is 5.75 Å². The average molecular weight is 344 g/mol. The van der Waals surface area contributed by atoms with Crippen LogP contribution in [0, 0.1) is 0 Å². The third-order valence-electron chi connectivity index (χ3n) is 4.44. The molecule has 0 aromatic heterocycles. The van der Waals surface area contributed by atoms with Crippen LogP contribution in [0.25, 0.3) is 0 Å². The molecule has 6 heteroatoms. The minimum atomic E-state index is 0.0141. The molecule has 1 aliphatic carbocycles. The Kier molecular flexibility index (Phi) is 6.14. The van der Waals surface area contributed by atoms with Crippen molar-refractivity contribution >= 4 is 11.9 Å². The summed E-state index contributed by atoms with van der Waals surface area (Å²) in [6, 6.07) is 10.4. The van der Waals surface area contributed by atoms with Crippen molar-refractivity contribution in [3.05, 3.63) is 30.3 Å². The number of benzene rings is 1. The number of guanidine groups is 1. The van der Waals surface area contributed by atoms with Gasteiger partial charge < -0.3 is 20.3 Å². The number of carbonyl (C=O) groups excluding carboxylic acids is 1. The standard InChI is InChI=1S/C19H28N4O2/c1-2-20-19(21-14-18(24)22-15-8-9-15)23-12-10-17(11-13-23)25-16-6-4-3-5-7-16/h3-7,15,17H,2,8-14H2,1H3,(H,20,21)(H,22,24). The van der Waals surface area contributed by atoms with Crippen LogP contribution in [0.4, 0.5) is 0 Å². The molecule has 2 fully saturated rings. The third kappa shape index (κ3) is 5.66. The number of nitrogens with one attached hydrogen (secondary N) is 2. The molecule has 0 unspecified atom stereocenters. The lowest BCUT2D eigenvalue weighted by molar-refractivity contribution is -0.119. The summed E-state index contributed by atoms with van der Waals surface area (Å²) in [7, 11) is 0. The predicted molar refractivity (Wildman–Crippen MR) is 98.8 cm³/mol. The fourth-order valence-corrected chi connectivity index (χ4v) is 2.95. The predicted octanol–water partition coefficient (Wildman–Crippen LogP) is 1.77. The van der Waals surface area contributed by atoms with Gasteiger partial charge in [0.15, 0.2) is 5.96 Å². The van der Waals surface area contributed by atoms with Gasteiger partial charge in [-0.15, -0.1) is 0 Å². The number of nitrogens with zero attached hydrogens (tertiary/aromatic N) is 2. The lowest BCUT2D eigenvalue weighted by Gasteiger charge is -2.34. The number of hydrogen-bond acceptors (Lipinski definition) is 3.